The number of hydrogen-bond donors (Lipinski definition) is 2. The van der Waals surface area contributed by atoms with Crippen LogP contribution in [0.3, 0.4) is 0 Å². The van der Waals surface area contributed by atoms with E-state index < -0.39 is 5.91 Å². The summed E-state index contributed by atoms with van der Waals surface area (Å²) in [6.07, 6.45) is 1.55. The van der Waals surface area contributed by atoms with Crippen LogP contribution >= 0.6 is 39.1 Å². The number of rotatable bonds is 4. The van der Waals surface area contributed by atoms with Crippen molar-refractivity contribution < 1.29 is 4.79 Å². The van der Waals surface area contributed by atoms with Gasteiger partial charge < -0.3 is 0 Å². The minimum atomic E-state index is -0.407. The van der Waals surface area contributed by atoms with Crippen LogP contribution in [0.2, 0.25) is 10.0 Å². The molecular weight excluding hydrogens is 427 g/mol. The molecule has 0 atom stereocenters. The summed E-state index contributed by atoms with van der Waals surface area (Å²) in [7, 11) is 0. The molecule has 3 aromatic rings. The van der Waals surface area contributed by atoms with E-state index in [-0.39, 0.29) is 5.69 Å². The average Bonchev–Trinajstić information content (AvgIpc) is 3.04. The summed E-state index contributed by atoms with van der Waals surface area (Å²) in [4.78, 5) is 12.1. The van der Waals surface area contributed by atoms with Gasteiger partial charge in [-0.15, -0.1) is 0 Å². The van der Waals surface area contributed by atoms with Crippen LogP contribution in [0, 0.1) is 0 Å². The van der Waals surface area contributed by atoms with Crippen LogP contribution in [0.5, 0.6) is 0 Å². The Morgan fingerprint density at radius 2 is 2.04 bits per heavy atom. The van der Waals surface area contributed by atoms with Gasteiger partial charge in [0.25, 0.3) is 5.91 Å². The zero-order valence-electron chi connectivity index (χ0n) is 12.6. The van der Waals surface area contributed by atoms with Gasteiger partial charge in [0.1, 0.15) is 5.69 Å². The van der Waals surface area contributed by atoms with Crippen LogP contribution in [-0.2, 0) is 0 Å². The summed E-state index contributed by atoms with van der Waals surface area (Å²) >= 11 is 15.4. The van der Waals surface area contributed by atoms with Crippen molar-refractivity contribution in [3.8, 4) is 11.3 Å². The molecule has 0 unspecified atom stereocenters. The number of hydrogen-bond acceptors (Lipinski definition) is 3. The fourth-order valence-corrected chi connectivity index (χ4v) is 3.01. The van der Waals surface area contributed by atoms with Crippen molar-refractivity contribution >= 4 is 51.3 Å². The van der Waals surface area contributed by atoms with Crippen molar-refractivity contribution in [3.63, 3.8) is 0 Å². The Morgan fingerprint density at radius 1 is 1.20 bits per heavy atom. The van der Waals surface area contributed by atoms with E-state index in [9.17, 15) is 4.79 Å². The molecule has 25 heavy (non-hydrogen) atoms. The van der Waals surface area contributed by atoms with E-state index >= 15 is 0 Å². The van der Waals surface area contributed by atoms with Gasteiger partial charge in [0.05, 0.1) is 16.9 Å². The summed E-state index contributed by atoms with van der Waals surface area (Å²) in [6.45, 7) is 0. The second-order valence-corrected chi connectivity index (χ2v) is 6.80. The molecule has 126 valence electrons. The highest BCUT2D eigenvalue weighted by molar-refractivity contribution is 9.10. The number of benzene rings is 2. The summed E-state index contributed by atoms with van der Waals surface area (Å²) in [6, 6.07) is 14.2. The molecule has 1 amide bonds. The van der Waals surface area contributed by atoms with Crippen molar-refractivity contribution in [3.05, 3.63) is 74.3 Å². The zero-order chi connectivity index (χ0) is 17.8. The van der Waals surface area contributed by atoms with E-state index in [4.69, 9.17) is 23.2 Å². The van der Waals surface area contributed by atoms with Crippen LogP contribution < -0.4 is 5.43 Å². The van der Waals surface area contributed by atoms with Crippen molar-refractivity contribution in [2.45, 2.75) is 0 Å². The van der Waals surface area contributed by atoms with Crippen molar-refractivity contribution in [1.29, 1.82) is 0 Å². The van der Waals surface area contributed by atoms with Crippen LogP contribution in [-0.4, -0.2) is 22.3 Å². The van der Waals surface area contributed by atoms with Crippen LogP contribution in [0.1, 0.15) is 16.1 Å². The third-order valence-electron chi connectivity index (χ3n) is 3.26. The Hall–Kier alpha value is -2.15. The molecule has 5 nitrogen and oxygen atoms in total. The summed E-state index contributed by atoms with van der Waals surface area (Å²) in [5.41, 5.74) is 4.79. The van der Waals surface area contributed by atoms with Gasteiger partial charge in [-0.2, -0.15) is 10.2 Å². The highest BCUT2D eigenvalue weighted by Crippen LogP contribution is 2.29. The van der Waals surface area contributed by atoms with Gasteiger partial charge in [0.2, 0.25) is 0 Å². The number of aromatic amines is 1. The maximum absolute atomic E-state index is 12.1. The molecule has 0 bridgehead atoms. The average molecular weight is 438 g/mol. The van der Waals surface area contributed by atoms with E-state index in [2.05, 4.69) is 36.7 Å². The Labute approximate surface area is 162 Å². The molecule has 8 heteroatoms. The fraction of sp³-hybridized carbons (Fsp3) is 0. The smallest absolute Gasteiger partial charge is 0.272 e. The summed E-state index contributed by atoms with van der Waals surface area (Å²) < 4.78 is 0.931. The molecule has 0 spiro atoms. The zero-order valence-corrected chi connectivity index (χ0v) is 15.7. The third kappa shape index (κ3) is 4.48. The highest BCUT2D eigenvalue weighted by atomic mass is 79.9. The molecule has 0 fully saturated rings. The first kappa shape index (κ1) is 17.7. The van der Waals surface area contributed by atoms with Crippen molar-refractivity contribution in [2.75, 3.05) is 0 Å². The molecule has 1 heterocycles. The van der Waals surface area contributed by atoms with Gasteiger partial charge in [-0.25, -0.2) is 5.43 Å². The predicted molar refractivity (Wildman–Crippen MR) is 103 cm³/mol. The molecule has 2 aromatic carbocycles. The van der Waals surface area contributed by atoms with E-state index in [0.29, 0.717) is 21.3 Å². The molecule has 0 aliphatic heterocycles. The molecule has 0 aliphatic carbocycles. The second kappa shape index (κ2) is 7.82. The minimum Gasteiger partial charge on any atom is -0.272 e. The van der Waals surface area contributed by atoms with E-state index in [1.54, 1.807) is 30.5 Å². The lowest BCUT2D eigenvalue weighted by atomic mass is 10.1. The Morgan fingerprint density at radius 3 is 2.80 bits per heavy atom. The number of hydrazone groups is 1. The molecule has 0 aliphatic rings. The number of halogens is 3. The quantitative estimate of drug-likeness (QED) is 0.449. The molecule has 0 saturated carbocycles. The number of aromatic nitrogens is 2. The van der Waals surface area contributed by atoms with Gasteiger partial charge in [0, 0.05) is 15.1 Å². The van der Waals surface area contributed by atoms with Crippen LogP contribution in [0.25, 0.3) is 11.3 Å². The Kier molecular flexibility index (Phi) is 5.53. The van der Waals surface area contributed by atoms with Gasteiger partial charge in [-0.1, -0.05) is 51.3 Å². The highest BCUT2D eigenvalue weighted by Gasteiger charge is 2.12. The molecule has 0 radical (unpaired) electrons. The Bertz CT molecular complexity index is 955. The summed E-state index contributed by atoms with van der Waals surface area (Å²) in [5, 5.41) is 11.7. The topological polar surface area (TPSA) is 70.1 Å². The molecule has 2 N–H and O–H groups in total. The third-order valence-corrected chi connectivity index (χ3v) is 4.30. The maximum atomic E-state index is 12.1. The van der Waals surface area contributed by atoms with E-state index in [0.717, 1.165) is 10.0 Å². The normalized spacial score (nSPS) is 11.0. The van der Waals surface area contributed by atoms with Crippen molar-refractivity contribution in [2.24, 2.45) is 5.10 Å². The first-order chi connectivity index (χ1) is 12.0. The lowest BCUT2D eigenvalue weighted by Crippen LogP contribution is -2.17. The van der Waals surface area contributed by atoms with Gasteiger partial charge >= 0.3 is 0 Å². The first-order valence-electron chi connectivity index (χ1n) is 7.13. The molecular formula is C17H11BrCl2N4O. The molecule has 3 rings (SSSR count). The van der Waals surface area contributed by atoms with Crippen LogP contribution in [0.15, 0.2) is 58.1 Å². The van der Waals surface area contributed by atoms with Crippen LogP contribution in [0.4, 0.5) is 0 Å². The SMILES string of the molecule is O=C(NN=Cc1cccc(Br)c1)c1cc(-c2ccc(Cl)cc2Cl)n[nH]1. The second-order valence-electron chi connectivity index (χ2n) is 5.05. The van der Waals surface area contributed by atoms with E-state index in [1.165, 1.54) is 0 Å². The fourth-order valence-electron chi connectivity index (χ4n) is 2.09. The van der Waals surface area contributed by atoms with Gasteiger partial charge in [-0.05, 0) is 42.0 Å². The monoisotopic (exact) mass is 436 g/mol. The lowest BCUT2D eigenvalue weighted by molar-refractivity contribution is 0.0950. The molecule has 1 aromatic heterocycles. The number of carbonyl (C=O) groups is 1. The lowest BCUT2D eigenvalue weighted by Gasteiger charge is -2.00. The number of nitrogens with one attached hydrogen (secondary N) is 2. The minimum absolute atomic E-state index is 0.271. The maximum Gasteiger partial charge on any atom is 0.289 e. The predicted octanol–water partition coefficient (Wildman–Crippen LogP) is 4.91. The number of amides is 1. The number of nitrogens with zero attached hydrogens (tertiary/aromatic N) is 2. The molecule has 0 saturated heterocycles. The largest absolute Gasteiger partial charge is 0.289 e. The first-order valence-corrected chi connectivity index (χ1v) is 8.67. The summed E-state index contributed by atoms with van der Waals surface area (Å²) in [5.74, 6) is -0.407. The van der Waals surface area contributed by atoms with Gasteiger partial charge in [-0.3, -0.25) is 9.89 Å². The van der Waals surface area contributed by atoms with Gasteiger partial charge in [0.15, 0.2) is 0 Å². The van der Waals surface area contributed by atoms with Crippen molar-refractivity contribution in [1.82, 2.24) is 15.6 Å². The standard InChI is InChI=1S/C17H11BrCl2N4O/c18-11-3-1-2-10(6-11)9-21-24-17(25)16-8-15(22-23-16)13-5-4-12(19)7-14(13)20/h1-9H,(H,22,23)(H,24,25). The number of H-pyrrole nitrogens is 1. The number of carbonyl (C=O) groups excluding carboxylic acids is 1. The van der Waals surface area contributed by atoms with E-state index in [1.807, 2.05) is 24.3 Å². The Balaban J connectivity index is 1.70.